The summed E-state index contributed by atoms with van der Waals surface area (Å²) in [5.74, 6) is 1.14. The first-order valence-corrected chi connectivity index (χ1v) is 10.6. The van der Waals surface area contributed by atoms with Crippen LogP contribution in [0.3, 0.4) is 0 Å². The third kappa shape index (κ3) is 5.57. The molecule has 5 nitrogen and oxygen atoms in total. The maximum atomic E-state index is 12.4. The molecule has 1 amide bonds. The van der Waals surface area contributed by atoms with Gasteiger partial charge < -0.3 is 9.73 Å². The summed E-state index contributed by atoms with van der Waals surface area (Å²) in [5.41, 5.74) is 5.30. The summed E-state index contributed by atoms with van der Waals surface area (Å²) >= 11 is 0. The van der Waals surface area contributed by atoms with E-state index in [4.69, 9.17) is 4.42 Å². The first-order valence-electron chi connectivity index (χ1n) is 10.6. The van der Waals surface area contributed by atoms with Gasteiger partial charge in [0.2, 0.25) is 5.89 Å². The Balaban J connectivity index is 1.39. The number of benzene rings is 2. The lowest BCUT2D eigenvalue weighted by Crippen LogP contribution is -2.26. The van der Waals surface area contributed by atoms with E-state index in [9.17, 15) is 4.79 Å². The van der Waals surface area contributed by atoms with E-state index in [0.29, 0.717) is 24.7 Å². The molecule has 0 bridgehead atoms. The highest BCUT2D eigenvalue weighted by molar-refractivity contribution is 5.91. The lowest BCUT2D eigenvalue weighted by atomic mass is 10.1. The van der Waals surface area contributed by atoms with Gasteiger partial charge in [-0.25, -0.2) is 4.98 Å². The van der Waals surface area contributed by atoms with Crippen molar-refractivity contribution in [2.45, 2.75) is 46.3 Å². The zero-order valence-corrected chi connectivity index (χ0v) is 17.7. The zero-order chi connectivity index (χ0) is 20.9. The molecule has 2 aromatic carbocycles. The Morgan fingerprint density at radius 2 is 1.93 bits per heavy atom. The van der Waals surface area contributed by atoms with Crippen LogP contribution in [0.25, 0.3) is 0 Å². The van der Waals surface area contributed by atoms with Crippen LogP contribution in [-0.2, 0) is 19.6 Å². The van der Waals surface area contributed by atoms with E-state index < -0.39 is 0 Å². The minimum absolute atomic E-state index is 0.211. The minimum Gasteiger partial charge on any atom is -0.447 e. The van der Waals surface area contributed by atoms with Crippen LogP contribution in [0.2, 0.25) is 0 Å². The van der Waals surface area contributed by atoms with Gasteiger partial charge in [0.15, 0.2) is 5.69 Å². The number of aryl methyl sites for hydroxylation is 2. The summed E-state index contributed by atoms with van der Waals surface area (Å²) in [6.07, 6.45) is 4.05. The lowest BCUT2D eigenvalue weighted by molar-refractivity contribution is 0.0945. The second-order valence-electron chi connectivity index (χ2n) is 8.34. The molecule has 1 heterocycles. The molecule has 156 valence electrons. The van der Waals surface area contributed by atoms with Crippen LogP contribution in [0.5, 0.6) is 0 Å². The number of aromatic nitrogens is 1. The molecule has 1 fully saturated rings. The molecule has 1 aliphatic rings. The van der Waals surface area contributed by atoms with Gasteiger partial charge in [0, 0.05) is 19.6 Å². The van der Waals surface area contributed by atoms with Gasteiger partial charge >= 0.3 is 0 Å². The van der Waals surface area contributed by atoms with Gasteiger partial charge in [-0.3, -0.25) is 9.69 Å². The van der Waals surface area contributed by atoms with Gasteiger partial charge in [0.05, 0.1) is 6.54 Å². The van der Waals surface area contributed by atoms with E-state index in [0.717, 1.165) is 24.6 Å². The maximum Gasteiger partial charge on any atom is 0.273 e. The summed E-state index contributed by atoms with van der Waals surface area (Å²) in [5, 5.41) is 2.90. The predicted molar refractivity (Wildman–Crippen MR) is 117 cm³/mol. The average molecular weight is 404 g/mol. The van der Waals surface area contributed by atoms with Crippen LogP contribution < -0.4 is 5.32 Å². The monoisotopic (exact) mass is 403 g/mol. The van der Waals surface area contributed by atoms with Crippen molar-refractivity contribution in [2.24, 2.45) is 5.92 Å². The van der Waals surface area contributed by atoms with Gasteiger partial charge in [0.25, 0.3) is 5.91 Å². The Hall–Kier alpha value is -2.92. The number of oxazole rings is 1. The minimum atomic E-state index is -0.211. The number of amides is 1. The zero-order valence-electron chi connectivity index (χ0n) is 17.7. The largest absolute Gasteiger partial charge is 0.447 e. The molecular weight excluding hydrogens is 374 g/mol. The fraction of sp³-hybridized carbons (Fsp3) is 0.360. The summed E-state index contributed by atoms with van der Waals surface area (Å²) in [7, 11) is 0. The van der Waals surface area contributed by atoms with Crippen LogP contribution in [0, 0.1) is 19.8 Å². The van der Waals surface area contributed by atoms with Gasteiger partial charge in [-0.15, -0.1) is 0 Å². The highest BCUT2D eigenvalue weighted by Crippen LogP contribution is 2.31. The van der Waals surface area contributed by atoms with Gasteiger partial charge in [-0.2, -0.15) is 0 Å². The van der Waals surface area contributed by atoms with Crippen molar-refractivity contribution in [1.82, 2.24) is 15.2 Å². The third-order valence-corrected chi connectivity index (χ3v) is 5.55. The van der Waals surface area contributed by atoms with E-state index in [1.165, 1.54) is 35.8 Å². The van der Waals surface area contributed by atoms with Gasteiger partial charge in [-0.05, 0) is 49.3 Å². The van der Waals surface area contributed by atoms with Crippen molar-refractivity contribution in [3.8, 4) is 0 Å². The summed E-state index contributed by atoms with van der Waals surface area (Å²) < 4.78 is 5.65. The number of carbonyl (C=O) groups is 1. The Bertz CT molecular complexity index is 993. The second kappa shape index (κ2) is 9.26. The number of nitrogens with one attached hydrogen (secondary N) is 1. The standard InChI is InChI=1S/C25H29N3O2/c1-18-8-9-19(2)22(12-18)15-28(14-21-10-11-21)16-24-27-23(17-30-24)25(29)26-13-20-6-4-3-5-7-20/h3-9,12,17,21H,10-11,13-16H2,1-2H3,(H,26,29). The lowest BCUT2D eigenvalue weighted by Gasteiger charge is -2.22. The number of carbonyl (C=O) groups excluding carboxylic acids is 1. The number of hydrogen-bond donors (Lipinski definition) is 1. The smallest absolute Gasteiger partial charge is 0.273 e. The first kappa shape index (κ1) is 20.4. The number of nitrogens with zero attached hydrogens (tertiary/aromatic N) is 2. The Morgan fingerprint density at radius 3 is 2.70 bits per heavy atom. The SMILES string of the molecule is Cc1ccc(C)c(CN(Cc2nc(C(=O)NCc3ccccc3)co2)CC2CC2)c1. The van der Waals surface area contributed by atoms with Crippen molar-refractivity contribution in [3.63, 3.8) is 0 Å². The van der Waals surface area contributed by atoms with Gasteiger partial charge in [0.1, 0.15) is 6.26 Å². The van der Waals surface area contributed by atoms with Crippen LogP contribution in [0.4, 0.5) is 0 Å². The van der Waals surface area contributed by atoms with Crippen molar-refractivity contribution in [3.05, 3.63) is 88.6 Å². The molecular formula is C25H29N3O2. The van der Waals surface area contributed by atoms with E-state index >= 15 is 0 Å². The molecule has 1 aromatic heterocycles. The fourth-order valence-electron chi connectivity index (χ4n) is 3.61. The van der Waals surface area contributed by atoms with Crippen LogP contribution in [0.15, 0.2) is 59.2 Å². The summed E-state index contributed by atoms with van der Waals surface area (Å²) in [4.78, 5) is 19.3. The predicted octanol–water partition coefficient (Wildman–Crippen LogP) is 4.63. The first-order chi connectivity index (χ1) is 14.6. The van der Waals surface area contributed by atoms with Crippen molar-refractivity contribution in [2.75, 3.05) is 6.54 Å². The quantitative estimate of drug-likeness (QED) is 0.566. The molecule has 0 spiro atoms. The molecule has 0 unspecified atom stereocenters. The van der Waals surface area contributed by atoms with E-state index in [2.05, 4.69) is 47.2 Å². The number of hydrogen-bond acceptors (Lipinski definition) is 4. The molecule has 0 saturated heterocycles. The van der Waals surface area contributed by atoms with Crippen LogP contribution >= 0.6 is 0 Å². The molecule has 0 aliphatic heterocycles. The normalized spacial score (nSPS) is 13.6. The molecule has 1 saturated carbocycles. The fourth-order valence-corrected chi connectivity index (χ4v) is 3.61. The highest BCUT2D eigenvalue weighted by Gasteiger charge is 2.25. The Labute approximate surface area is 178 Å². The maximum absolute atomic E-state index is 12.4. The van der Waals surface area contributed by atoms with Gasteiger partial charge in [-0.1, -0.05) is 54.1 Å². The topological polar surface area (TPSA) is 58.4 Å². The third-order valence-electron chi connectivity index (χ3n) is 5.55. The molecule has 0 atom stereocenters. The highest BCUT2D eigenvalue weighted by atomic mass is 16.3. The Kier molecular flexibility index (Phi) is 6.29. The van der Waals surface area contributed by atoms with Crippen LogP contribution in [-0.4, -0.2) is 22.3 Å². The molecule has 1 aliphatic carbocycles. The van der Waals surface area contributed by atoms with Crippen molar-refractivity contribution < 1.29 is 9.21 Å². The van der Waals surface area contributed by atoms with Crippen LogP contribution in [0.1, 0.15) is 51.5 Å². The molecule has 30 heavy (non-hydrogen) atoms. The van der Waals surface area contributed by atoms with Crippen molar-refractivity contribution >= 4 is 5.91 Å². The molecule has 0 radical (unpaired) electrons. The molecule has 4 rings (SSSR count). The van der Waals surface area contributed by atoms with E-state index in [-0.39, 0.29) is 5.91 Å². The average Bonchev–Trinajstić information content (AvgIpc) is 3.44. The second-order valence-corrected chi connectivity index (χ2v) is 8.34. The van der Waals surface area contributed by atoms with E-state index in [1.807, 2.05) is 30.3 Å². The number of rotatable bonds is 9. The Morgan fingerprint density at radius 1 is 1.13 bits per heavy atom. The molecule has 3 aromatic rings. The summed E-state index contributed by atoms with van der Waals surface area (Å²) in [6.45, 7) is 7.26. The molecule has 1 N–H and O–H groups in total. The molecule has 5 heteroatoms. The van der Waals surface area contributed by atoms with Crippen molar-refractivity contribution in [1.29, 1.82) is 0 Å². The summed E-state index contributed by atoms with van der Waals surface area (Å²) in [6, 6.07) is 16.4. The van der Waals surface area contributed by atoms with E-state index in [1.54, 1.807) is 0 Å².